The van der Waals surface area contributed by atoms with Crippen molar-refractivity contribution in [1.82, 2.24) is 9.97 Å². The second kappa shape index (κ2) is 3.64. The van der Waals surface area contributed by atoms with E-state index in [1.54, 1.807) is 12.3 Å². The maximum absolute atomic E-state index is 9.69. The highest BCUT2D eigenvalue weighted by molar-refractivity contribution is 9.11. The smallest absolute Gasteiger partial charge is 0.223 e. The molecule has 1 aromatic carbocycles. The Morgan fingerprint density at radius 1 is 1.29 bits per heavy atom. The molecule has 0 aliphatic carbocycles. The minimum absolute atomic E-state index is 0.0625. The summed E-state index contributed by atoms with van der Waals surface area (Å²) in [6.45, 7) is 0. The summed E-state index contributed by atoms with van der Waals surface area (Å²) in [4.78, 5) is 7.78. The van der Waals surface area contributed by atoms with Crippen LogP contribution in [0.4, 0.5) is 0 Å². The summed E-state index contributed by atoms with van der Waals surface area (Å²) >= 11 is 12.2. The molecule has 0 spiro atoms. The van der Waals surface area contributed by atoms with Crippen LogP contribution in [0.5, 0.6) is 5.75 Å². The van der Waals surface area contributed by atoms with Gasteiger partial charge in [-0.25, -0.2) is 9.97 Å². The van der Waals surface area contributed by atoms with E-state index < -0.39 is 0 Å². The number of hydrogen-bond donors (Lipinski definition) is 1. The predicted molar refractivity (Wildman–Crippen MR) is 61.6 cm³/mol. The van der Waals surface area contributed by atoms with Gasteiger partial charge >= 0.3 is 0 Å². The maximum atomic E-state index is 9.69. The Kier molecular flexibility index (Phi) is 2.64. The van der Waals surface area contributed by atoms with Crippen molar-refractivity contribution in [3.05, 3.63) is 26.5 Å². The molecule has 0 amide bonds. The molecule has 14 heavy (non-hydrogen) atoms. The predicted octanol–water partition coefficient (Wildman–Crippen LogP) is 3.51. The van der Waals surface area contributed by atoms with E-state index in [1.165, 1.54) is 0 Å². The van der Waals surface area contributed by atoms with Crippen molar-refractivity contribution >= 4 is 54.4 Å². The van der Waals surface area contributed by atoms with Crippen LogP contribution in [0.3, 0.4) is 0 Å². The van der Waals surface area contributed by atoms with Gasteiger partial charge < -0.3 is 5.11 Å². The molecule has 1 N–H and O–H groups in total. The fourth-order valence-electron chi connectivity index (χ4n) is 1.09. The van der Waals surface area contributed by atoms with Crippen LogP contribution in [-0.4, -0.2) is 15.1 Å². The van der Waals surface area contributed by atoms with E-state index in [0.29, 0.717) is 9.99 Å². The Morgan fingerprint density at radius 2 is 2.00 bits per heavy atom. The van der Waals surface area contributed by atoms with Gasteiger partial charge in [0.15, 0.2) is 5.75 Å². The van der Waals surface area contributed by atoms with Gasteiger partial charge in [-0.2, -0.15) is 0 Å². The van der Waals surface area contributed by atoms with Crippen LogP contribution in [0.25, 0.3) is 10.9 Å². The monoisotopic (exact) mass is 336 g/mol. The van der Waals surface area contributed by atoms with E-state index in [9.17, 15) is 5.11 Å². The van der Waals surface area contributed by atoms with Gasteiger partial charge in [0.05, 0.1) is 4.47 Å². The van der Waals surface area contributed by atoms with Crippen LogP contribution in [-0.2, 0) is 0 Å². The standard InChI is InChI=1S/C8H3Br2ClN2O/c9-4-1-5(10)7(14)6-3(4)2-12-8(11)13-6/h1-2,14H. The van der Waals surface area contributed by atoms with Gasteiger partial charge in [-0.1, -0.05) is 0 Å². The van der Waals surface area contributed by atoms with Gasteiger partial charge in [0.25, 0.3) is 0 Å². The highest BCUT2D eigenvalue weighted by Crippen LogP contribution is 2.36. The Labute approximate surface area is 101 Å². The number of aromatic hydroxyl groups is 1. The molecule has 0 unspecified atom stereocenters. The molecule has 0 fully saturated rings. The molecule has 0 saturated heterocycles. The van der Waals surface area contributed by atoms with Crippen molar-refractivity contribution in [1.29, 1.82) is 0 Å². The molecule has 0 aliphatic heterocycles. The van der Waals surface area contributed by atoms with Crippen molar-refractivity contribution in [2.24, 2.45) is 0 Å². The van der Waals surface area contributed by atoms with Gasteiger partial charge in [-0.3, -0.25) is 0 Å². The Hall–Kier alpha value is -0.390. The molecule has 1 heterocycles. The molecule has 0 atom stereocenters. The first kappa shape index (κ1) is 10.1. The van der Waals surface area contributed by atoms with Gasteiger partial charge in [0.1, 0.15) is 5.52 Å². The van der Waals surface area contributed by atoms with Gasteiger partial charge in [-0.15, -0.1) is 0 Å². The number of phenols is 1. The Bertz CT molecular complexity index is 518. The first-order valence-corrected chi connectivity index (χ1v) is 5.55. The van der Waals surface area contributed by atoms with Crippen LogP contribution >= 0.6 is 43.5 Å². The average molecular weight is 338 g/mol. The summed E-state index contributed by atoms with van der Waals surface area (Å²) in [5, 5.41) is 10.5. The summed E-state index contributed by atoms with van der Waals surface area (Å²) < 4.78 is 1.36. The van der Waals surface area contributed by atoms with Crippen LogP contribution < -0.4 is 0 Å². The lowest BCUT2D eigenvalue weighted by atomic mass is 10.2. The number of halogens is 3. The lowest BCUT2D eigenvalue weighted by Crippen LogP contribution is -1.86. The van der Waals surface area contributed by atoms with E-state index in [0.717, 1.165) is 9.86 Å². The molecule has 1 aromatic heterocycles. The molecule has 0 saturated carbocycles. The molecule has 6 heteroatoms. The number of hydrogen-bond acceptors (Lipinski definition) is 3. The third-order valence-corrected chi connectivity index (χ3v) is 3.16. The second-order valence-corrected chi connectivity index (χ2v) is 4.64. The summed E-state index contributed by atoms with van der Waals surface area (Å²) in [5.74, 6) is 0.0625. The molecule has 2 aromatic rings. The van der Waals surface area contributed by atoms with E-state index >= 15 is 0 Å². The third-order valence-electron chi connectivity index (χ3n) is 1.72. The molecule has 72 valence electrons. The quantitative estimate of drug-likeness (QED) is 0.748. The van der Waals surface area contributed by atoms with Crippen LogP contribution in [0.1, 0.15) is 0 Å². The topological polar surface area (TPSA) is 46.0 Å². The van der Waals surface area contributed by atoms with E-state index in [-0.39, 0.29) is 11.0 Å². The molecule has 2 rings (SSSR count). The number of phenolic OH excluding ortho intramolecular Hbond substituents is 1. The zero-order valence-electron chi connectivity index (χ0n) is 6.63. The first-order valence-electron chi connectivity index (χ1n) is 3.59. The summed E-state index contributed by atoms with van der Waals surface area (Å²) in [7, 11) is 0. The summed E-state index contributed by atoms with van der Waals surface area (Å²) in [5.41, 5.74) is 0.422. The number of rotatable bonds is 0. The number of nitrogens with zero attached hydrogens (tertiary/aromatic N) is 2. The molecule has 3 nitrogen and oxygen atoms in total. The highest BCUT2D eigenvalue weighted by Gasteiger charge is 2.10. The molecule has 0 bridgehead atoms. The van der Waals surface area contributed by atoms with Crippen LogP contribution in [0.15, 0.2) is 21.2 Å². The normalized spacial score (nSPS) is 10.8. The summed E-state index contributed by atoms with van der Waals surface area (Å²) in [6.07, 6.45) is 1.56. The number of fused-ring (bicyclic) bond motifs is 1. The molecular formula is C8H3Br2ClN2O. The van der Waals surface area contributed by atoms with Crippen LogP contribution in [0, 0.1) is 0 Å². The van der Waals surface area contributed by atoms with E-state index in [4.69, 9.17) is 11.6 Å². The minimum Gasteiger partial charge on any atom is -0.505 e. The zero-order valence-corrected chi connectivity index (χ0v) is 10.6. The third kappa shape index (κ3) is 1.60. The van der Waals surface area contributed by atoms with Gasteiger partial charge in [-0.05, 0) is 49.5 Å². The maximum Gasteiger partial charge on any atom is 0.223 e. The lowest BCUT2D eigenvalue weighted by molar-refractivity contribution is 0.477. The second-order valence-electron chi connectivity index (χ2n) is 2.59. The van der Waals surface area contributed by atoms with Gasteiger partial charge in [0, 0.05) is 16.1 Å². The fraction of sp³-hybridized carbons (Fsp3) is 0. The van der Waals surface area contributed by atoms with Crippen molar-refractivity contribution in [3.8, 4) is 5.75 Å². The molecule has 0 aliphatic rings. The highest BCUT2D eigenvalue weighted by atomic mass is 79.9. The van der Waals surface area contributed by atoms with Gasteiger partial charge in [0.2, 0.25) is 5.28 Å². The lowest BCUT2D eigenvalue weighted by Gasteiger charge is -2.04. The Morgan fingerprint density at radius 3 is 2.71 bits per heavy atom. The summed E-state index contributed by atoms with van der Waals surface area (Å²) in [6, 6.07) is 1.73. The number of aromatic nitrogens is 2. The fourth-order valence-corrected chi connectivity index (χ4v) is 2.46. The average Bonchev–Trinajstić information content (AvgIpc) is 2.14. The van der Waals surface area contributed by atoms with E-state index in [2.05, 4.69) is 41.8 Å². The van der Waals surface area contributed by atoms with Crippen molar-refractivity contribution in [2.75, 3.05) is 0 Å². The molecule has 0 radical (unpaired) electrons. The SMILES string of the molecule is Oc1c(Br)cc(Br)c2cnc(Cl)nc12. The van der Waals surface area contributed by atoms with Crippen molar-refractivity contribution in [3.63, 3.8) is 0 Å². The van der Waals surface area contributed by atoms with Crippen LogP contribution in [0.2, 0.25) is 5.28 Å². The van der Waals surface area contributed by atoms with E-state index in [1.807, 2.05) is 0 Å². The van der Waals surface area contributed by atoms with Crippen molar-refractivity contribution < 1.29 is 5.11 Å². The zero-order chi connectivity index (χ0) is 10.3. The minimum atomic E-state index is 0.0625. The first-order chi connectivity index (χ1) is 6.59. The van der Waals surface area contributed by atoms with Crippen molar-refractivity contribution in [2.45, 2.75) is 0 Å². The largest absolute Gasteiger partial charge is 0.505 e. The molecular weight excluding hydrogens is 335 g/mol. The Balaban J connectivity index is 2.95. The number of benzene rings is 1.